The third-order valence-corrected chi connectivity index (χ3v) is 11.3. The number of hydrogen-bond donors (Lipinski definition) is 0. The lowest BCUT2D eigenvalue weighted by Crippen LogP contribution is -2.77. The van der Waals surface area contributed by atoms with E-state index in [-0.39, 0.29) is 48.5 Å². The zero-order chi connectivity index (χ0) is 23.1. The van der Waals surface area contributed by atoms with E-state index in [2.05, 4.69) is 40.4 Å². The third-order valence-electron chi connectivity index (χ3n) is 6.68. The van der Waals surface area contributed by atoms with Gasteiger partial charge in [-0.15, -0.1) is 0 Å². The van der Waals surface area contributed by atoms with Gasteiger partial charge in [-0.3, -0.25) is 14.4 Å². The summed E-state index contributed by atoms with van der Waals surface area (Å²) in [6.07, 6.45) is 0.790. The van der Waals surface area contributed by atoms with Gasteiger partial charge in [0, 0.05) is 0 Å². The van der Waals surface area contributed by atoms with Crippen LogP contribution >= 0.6 is 0 Å². The number of nitrogens with zero attached hydrogens (tertiary/aromatic N) is 1. The summed E-state index contributed by atoms with van der Waals surface area (Å²) < 4.78 is 17.3. The van der Waals surface area contributed by atoms with Crippen molar-refractivity contribution in [2.45, 2.75) is 84.0 Å². The number of ether oxygens (including phenoxy) is 2. The Hall–Kier alpha value is -1.51. The van der Waals surface area contributed by atoms with Gasteiger partial charge in [-0.2, -0.15) is 0 Å². The van der Waals surface area contributed by atoms with Crippen LogP contribution in [0.1, 0.15) is 48.0 Å². The van der Waals surface area contributed by atoms with Gasteiger partial charge < -0.3 is 18.8 Å². The molecule has 0 N–H and O–H groups in total. The van der Waals surface area contributed by atoms with Gasteiger partial charge in [0.25, 0.3) is 0 Å². The van der Waals surface area contributed by atoms with Crippen LogP contribution in [0.4, 0.5) is 0 Å². The Kier molecular flexibility index (Phi) is 7.06. The minimum Gasteiger partial charge on any atom is -0.461 e. The molecule has 0 bridgehead atoms. The monoisotopic (exact) mass is 439 g/mol. The SMILES string of the molecule is C=CCOC(=O)CC(=O)[C@@H]1COC(C)(C)N2C(=O)[C@H]([C@@H](C)O[Si](C)(C)C(C)(C)C)[C@@H]12. The molecule has 2 aliphatic rings. The highest BCUT2D eigenvalue weighted by atomic mass is 28.4. The van der Waals surface area contributed by atoms with Gasteiger partial charge in [-0.05, 0) is 38.9 Å². The molecule has 0 spiro atoms. The van der Waals surface area contributed by atoms with Crippen LogP contribution in [-0.2, 0) is 28.3 Å². The molecule has 8 heteroatoms. The van der Waals surface area contributed by atoms with Gasteiger partial charge in [0.15, 0.2) is 14.1 Å². The first kappa shape index (κ1) is 24.8. The standard InChI is InChI=1S/C22H37NO6Si/c1-10-11-27-17(25)12-16(24)15-13-28-22(6,7)23-19(15)18(20(23)26)14(2)29-30(8,9)21(3,4)5/h10,14-15,18-19H,1,11-13H2,2-9H3/t14-,15+,18-,19-/m1/s1. The first-order chi connectivity index (χ1) is 13.6. The highest BCUT2D eigenvalue weighted by Crippen LogP contribution is 2.47. The second-order valence-corrected chi connectivity index (χ2v) is 15.0. The van der Waals surface area contributed by atoms with Crippen molar-refractivity contribution in [2.24, 2.45) is 11.8 Å². The van der Waals surface area contributed by atoms with Gasteiger partial charge in [-0.25, -0.2) is 0 Å². The molecule has 0 unspecified atom stereocenters. The van der Waals surface area contributed by atoms with E-state index in [1.807, 2.05) is 20.8 Å². The molecule has 170 valence electrons. The van der Waals surface area contributed by atoms with E-state index in [0.717, 1.165) is 0 Å². The van der Waals surface area contributed by atoms with Gasteiger partial charge in [0.05, 0.1) is 30.6 Å². The summed E-state index contributed by atoms with van der Waals surface area (Å²) in [6.45, 7) is 20.1. The fourth-order valence-corrected chi connectivity index (χ4v) is 5.43. The average Bonchev–Trinajstić information content (AvgIpc) is 2.56. The number of amides is 1. The largest absolute Gasteiger partial charge is 0.461 e. The molecule has 0 radical (unpaired) electrons. The molecule has 2 saturated heterocycles. The van der Waals surface area contributed by atoms with Crippen molar-refractivity contribution in [1.29, 1.82) is 0 Å². The summed E-state index contributed by atoms with van der Waals surface area (Å²) in [4.78, 5) is 39.6. The van der Waals surface area contributed by atoms with Crippen molar-refractivity contribution in [3.8, 4) is 0 Å². The minimum atomic E-state index is -2.10. The molecule has 0 saturated carbocycles. The Morgan fingerprint density at radius 1 is 1.37 bits per heavy atom. The molecule has 0 aromatic heterocycles. The molecule has 0 aromatic carbocycles. The fraction of sp³-hybridized carbons (Fsp3) is 0.773. The van der Waals surface area contributed by atoms with Crippen LogP contribution in [0.15, 0.2) is 12.7 Å². The number of carbonyl (C=O) groups is 3. The van der Waals surface area contributed by atoms with E-state index in [0.29, 0.717) is 0 Å². The first-order valence-corrected chi connectivity index (χ1v) is 13.5. The summed E-state index contributed by atoms with van der Waals surface area (Å²) in [5, 5.41) is 0.00677. The average molecular weight is 440 g/mol. The third kappa shape index (κ3) is 4.70. The molecule has 7 nitrogen and oxygen atoms in total. The highest BCUT2D eigenvalue weighted by Gasteiger charge is 2.63. The molecule has 0 aliphatic carbocycles. The number of rotatable bonds is 8. The number of ketones is 1. The molecular weight excluding hydrogens is 402 g/mol. The Morgan fingerprint density at radius 2 is 1.97 bits per heavy atom. The lowest BCUT2D eigenvalue weighted by atomic mass is 9.72. The van der Waals surface area contributed by atoms with E-state index < -0.39 is 31.8 Å². The highest BCUT2D eigenvalue weighted by molar-refractivity contribution is 6.74. The Balaban J connectivity index is 2.22. The molecule has 0 aromatic rings. The number of Topliss-reactive ketones (excluding diaryl/α,β-unsaturated/α-hetero) is 1. The summed E-state index contributed by atoms with van der Waals surface area (Å²) in [5.41, 5.74) is -0.797. The van der Waals surface area contributed by atoms with Gasteiger partial charge in [0.1, 0.15) is 18.8 Å². The summed E-state index contributed by atoms with van der Waals surface area (Å²) in [7, 11) is -2.10. The molecule has 1 amide bonds. The van der Waals surface area contributed by atoms with Crippen LogP contribution in [0.2, 0.25) is 18.1 Å². The van der Waals surface area contributed by atoms with Crippen molar-refractivity contribution >= 4 is 26.0 Å². The smallest absolute Gasteiger partial charge is 0.313 e. The maximum absolute atomic E-state index is 13.1. The molecule has 2 fully saturated rings. The topological polar surface area (TPSA) is 82.1 Å². The van der Waals surface area contributed by atoms with Crippen LogP contribution in [0, 0.1) is 11.8 Å². The van der Waals surface area contributed by atoms with Crippen molar-refractivity contribution < 1.29 is 28.3 Å². The van der Waals surface area contributed by atoms with Crippen LogP contribution in [0.25, 0.3) is 0 Å². The quantitative estimate of drug-likeness (QED) is 0.190. The van der Waals surface area contributed by atoms with Crippen LogP contribution in [-0.4, -0.2) is 62.0 Å². The maximum atomic E-state index is 13.1. The van der Waals surface area contributed by atoms with Crippen LogP contribution < -0.4 is 0 Å². The van der Waals surface area contributed by atoms with Crippen molar-refractivity contribution in [3.05, 3.63) is 12.7 Å². The van der Waals surface area contributed by atoms with Crippen LogP contribution in [0.5, 0.6) is 0 Å². The summed E-state index contributed by atoms with van der Waals surface area (Å²) in [6, 6.07) is -0.347. The van der Waals surface area contributed by atoms with Crippen LogP contribution in [0.3, 0.4) is 0 Å². The minimum absolute atomic E-state index is 0.00677. The second-order valence-electron chi connectivity index (χ2n) is 10.3. The van der Waals surface area contributed by atoms with Crippen molar-refractivity contribution in [3.63, 3.8) is 0 Å². The van der Waals surface area contributed by atoms with Gasteiger partial charge in [-0.1, -0.05) is 33.4 Å². The van der Waals surface area contributed by atoms with Crippen molar-refractivity contribution in [2.75, 3.05) is 13.2 Å². The lowest BCUT2D eigenvalue weighted by molar-refractivity contribution is -0.253. The van der Waals surface area contributed by atoms with E-state index in [1.54, 1.807) is 4.90 Å². The van der Waals surface area contributed by atoms with E-state index in [9.17, 15) is 14.4 Å². The lowest BCUT2D eigenvalue weighted by Gasteiger charge is -2.61. The van der Waals surface area contributed by atoms with E-state index in [4.69, 9.17) is 13.9 Å². The Morgan fingerprint density at radius 3 is 2.50 bits per heavy atom. The summed E-state index contributed by atoms with van der Waals surface area (Å²) >= 11 is 0. The first-order valence-electron chi connectivity index (χ1n) is 10.6. The predicted octanol–water partition coefficient (Wildman–Crippen LogP) is 3.29. The molecule has 2 aliphatic heterocycles. The fourth-order valence-electron chi connectivity index (χ4n) is 4.00. The van der Waals surface area contributed by atoms with E-state index in [1.165, 1.54) is 6.08 Å². The molecule has 2 heterocycles. The van der Waals surface area contributed by atoms with Crippen molar-refractivity contribution in [1.82, 2.24) is 4.90 Å². The number of β-lactam (4-membered cyclic amide) rings is 1. The zero-order valence-electron chi connectivity index (χ0n) is 19.6. The molecule has 30 heavy (non-hydrogen) atoms. The molecule has 4 atom stereocenters. The number of hydrogen-bond acceptors (Lipinski definition) is 6. The predicted molar refractivity (Wildman–Crippen MR) is 116 cm³/mol. The number of fused-ring (bicyclic) bond motifs is 1. The second kappa shape index (κ2) is 8.55. The Bertz CT molecular complexity index is 711. The molecular formula is C22H37NO6Si. The number of esters is 1. The summed E-state index contributed by atoms with van der Waals surface area (Å²) in [5.74, 6) is -1.94. The van der Waals surface area contributed by atoms with Gasteiger partial charge >= 0.3 is 5.97 Å². The molecule has 2 rings (SSSR count). The number of carbonyl (C=O) groups excluding carboxylic acids is 3. The zero-order valence-corrected chi connectivity index (χ0v) is 20.6. The van der Waals surface area contributed by atoms with Gasteiger partial charge in [0.2, 0.25) is 5.91 Å². The van der Waals surface area contributed by atoms with E-state index >= 15 is 0 Å². The Labute approximate surface area is 181 Å². The normalized spacial score (nSPS) is 27.0. The maximum Gasteiger partial charge on any atom is 0.313 e.